The number of carbonyl (C=O) groups is 1. The van der Waals surface area contributed by atoms with Crippen LogP contribution in [0, 0.1) is 28.9 Å². The van der Waals surface area contributed by atoms with E-state index in [0.29, 0.717) is 5.56 Å². The molecular formula is C21H18Br2F2O2. The molecule has 0 spiro atoms. The topological polar surface area (TPSA) is 26.3 Å². The molecule has 2 atom stereocenters. The molecule has 0 bridgehead atoms. The monoisotopic (exact) mass is 498 g/mol. The maximum atomic E-state index is 14.8. The highest BCUT2D eigenvalue weighted by atomic mass is 79.9. The molecule has 2 nitrogen and oxygen atoms in total. The summed E-state index contributed by atoms with van der Waals surface area (Å²) < 4.78 is 35.1. The van der Waals surface area contributed by atoms with Crippen LogP contribution in [0.1, 0.15) is 19.4 Å². The van der Waals surface area contributed by atoms with E-state index in [9.17, 15) is 13.6 Å². The molecule has 0 saturated heterocycles. The van der Waals surface area contributed by atoms with Crippen LogP contribution in [0.3, 0.4) is 0 Å². The van der Waals surface area contributed by atoms with Crippen LogP contribution in [0.25, 0.3) is 11.1 Å². The molecule has 1 aliphatic carbocycles. The fourth-order valence-electron chi connectivity index (χ4n) is 3.39. The molecule has 0 unspecified atom stereocenters. The minimum Gasteiger partial charge on any atom is -0.460 e. The summed E-state index contributed by atoms with van der Waals surface area (Å²) in [6.45, 7) is 3.73. The standard InChI is InChI=1S/C21H18Br2F2O2/c1-21(2)14(10-16(22)23)18(21)20(26)27-11-13-8-9-15(24)17(19(13)25)12-6-4-3-5-7-12/h3-10,14,18H,11H2,1-2H3/t14-,18-/m0/s1. The zero-order valence-electron chi connectivity index (χ0n) is 14.8. The maximum absolute atomic E-state index is 14.8. The number of carbonyl (C=O) groups excluding carboxylic acids is 1. The maximum Gasteiger partial charge on any atom is 0.310 e. The lowest BCUT2D eigenvalue weighted by Gasteiger charge is -2.11. The van der Waals surface area contributed by atoms with Crippen molar-refractivity contribution in [1.29, 1.82) is 0 Å². The first-order valence-electron chi connectivity index (χ1n) is 8.45. The largest absolute Gasteiger partial charge is 0.460 e. The minimum absolute atomic E-state index is 0.0386. The van der Waals surface area contributed by atoms with Crippen LogP contribution in [0.5, 0.6) is 0 Å². The van der Waals surface area contributed by atoms with E-state index in [2.05, 4.69) is 31.9 Å². The van der Waals surface area contributed by atoms with Crippen LogP contribution < -0.4 is 0 Å². The van der Waals surface area contributed by atoms with E-state index >= 15 is 0 Å². The molecule has 0 radical (unpaired) electrons. The predicted molar refractivity (Wildman–Crippen MR) is 108 cm³/mol. The van der Waals surface area contributed by atoms with Crippen molar-refractivity contribution in [3.05, 3.63) is 69.1 Å². The third-order valence-corrected chi connectivity index (χ3v) is 5.60. The summed E-state index contributed by atoms with van der Waals surface area (Å²) in [6, 6.07) is 11.0. The van der Waals surface area contributed by atoms with Crippen molar-refractivity contribution in [3.63, 3.8) is 0 Å². The molecule has 1 fully saturated rings. The van der Waals surface area contributed by atoms with Gasteiger partial charge in [-0.3, -0.25) is 4.79 Å². The Bertz CT molecular complexity index is 891. The molecular weight excluding hydrogens is 482 g/mol. The van der Waals surface area contributed by atoms with Crippen molar-refractivity contribution in [2.24, 2.45) is 17.3 Å². The van der Waals surface area contributed by atoms with Gasteiger partial charge in [-0.15, -0.1) is 0 Å². The molecule has 2 aromatic rings. The highest BCUT2D eigenvalue weighted by Gasteiger charge is 2.61. The van der Waals surface area contributed by atoms with Gasteiger partial charge >= 0.3 is 5.97 Å². The number of esters is 1. The van der Waals surface area contributed by atoms with Crippen LogP contribution in [0.4, 0.5) is 8.78 Å². The lowest BCUT2D eigenvalue weighted by atomic mass is 10.0. The SMILES string of the molecule is CC1(C)[C@H](C(=O)OCc2ccc(F)c(-c3ccccc3)c2F)[C@@H]1C=C(Br)Br. The number of benzene rings is 2. The van der Waals surface area contributed by atoms with Gasteiger partial charge in [-0.2, -0.15) is 0 Å². The summed E-state index contributed by atoms with van der Waals surface area (Å²) in [6.07, 6.45) is 1.91. The summed E-state index contributed by atoms with van der Waals surface area (Å²) in [7, 11) is 0. The Morgan fingerprint density at radius 3 is 2.44 bits per heavy atom. The summed E-state index contributed by atoms with van der Waals surface area (Å²) >= 11 is 6.61. The highest BCUT2D eigenvalue weighted by Crippen LogP contribution is 2.60. The Balaban J connectivity index is 1.76. The van der Waals surface area contributed by atoms with Gasteiger partial charge in [0.2, 0.25) is 0 Å². The summed E-state index contributed by atoms with van der Waals surface area (Å²) in [5.74, 6) is -1.99. The molecule has 3 rings (SSSR count). The number of ether oxygens (including phenoxy) is 1. The van der Waals surface area contributed by atoms with E-state index < -0.39 is 11.6 Å². The van der Waals surface area contributed by atoms with Crippen LogP contribution in [0.15, 0.2) is 51.9 Å². The number of hydrogen-bond donors (Lipinski definition) is 0. The first kappa shape index (κ1) is 20.2. The van der Waals surface area contributed by atoms with Crippen LogP contribution in [0.2, 0.25) is 0 Å². The summed E-state index contributed by atoms with van der Waals surface area (Å²) in [5, 5.41) is 0. The van der Waals surface area contributed by atoms with Crippen LogP contribution in [-0.2, 0) is 16.1 Å². The van der Waals surface area contributed by atoms with Gasteiger partial charge in [0.25, 0.3) is 0 Å². The van der Waals surface area contributed by atoms with E-state index in [1.54, 1.807) is 30.3 Å². The third kappa shape index (κ3) is 4.16. The number of hydrogen-bond acceptors (Lipinski definition) is 2. The molecule has 27 heavy (non-hydrogen) atoms. The Hall–Kier alpha value is -1.53. The normalized spacial score (nSPS) is 20.1. The Labute approximate surface area is 173 Å². The Kier molecular flexibility index (Phi) is 5.87. The van der Waals surface area contributed by atoms with Gasteiger partial charge in [-0.1, -0.05) is 50.3 Å². The fourth-order valence-corrected chi connectivity index (χ4v) is 3.96. The average molecular weight is 500 g/mol. The number of rotatable bonds is 5. The smallest absolute Gasteiger partial charge is 0.310 e. The zero-order chi connectivity index (χ0) is 19.8. The molecule has 0 N–H and O–H groups in total. The third-order valence-electron chi connectivity index (χ3n) is 5.07. The van der Waals surface area contributed by atoms with Gasteiger partial charge in [-0.05, 0) is 60.9 Å². The minimum atomic E-state index is -0.705. The van der Waals surface area contributed by atoms with Gasteiger partial charge in [0.15, 0.2) is 0 Å². The molecule has 0 amide bonds. The van der Waals surface area contributed by atoms with Crippen molar-refractivity contribution >= 4 is 37.8 Å². The molecule has 0 aromatic heterocycles. The predicted octanol–water partition coefficient (Wildman–Crippen LogP) is 6.58. The van der Waals surface area contributed by atoms with E-state index in [0.717, 1.165) is 3.39 Å². The quantitative estimate of drug-likeness (QED) is 0.434. The van der Waals surface area contributed by atoms with Crippen molar-refractivity contribution in [3.8, 4) is 11.1 Å². The molecule has 0 aliphatic heterocycles. The van der Waals surface area contributed by atoms with Crippen molar-refractivity contribution in [2.75, 3.05) is 0 Å². The zero-order valence-corrected chi connectivity index (χ0v) is 18.0. The van der Waals surface area contributed by atoms with Crippen molar-refractivity contribution in [2.45, 2.75) is 20.5 Å². The van der Waals surface area contributed by atoms with E-state index in [1.807, 2.05) is 19.9 Å². The first-order chi connectivity index (χ1) is 12.7. The molecule has 2 aromatic carbocycles. The van der Waals surface area contributed by atoms with E-state index in [-0.39, 0.29) is 41.0 Å². The number of allylic oxidation sites excluding steroid dienone is 1. The van der Waals surface area contributed by atoms with Crippen LogP contribution in [-0.4, -0.2) is 5.97 Å². The Morgan fingerprint density at radius 1 is 1.15 bits per heavy atom. The highest BCUT2D eigenvalue weighted by molar-refractivity contribution is 9.28. The second-order valence-corrected chi connectivity index (χ2v) is 9.92. The van der Waals surface area contributed by atoms with Crippen molar-refractivity contribution in [1.82, 2.24) is 0 Å². The van der Waals surface area contributed by atoms with Gasteiger partial charge in [0.1, 0.15) is 18.2 Å². The average Bonchev–Trinajstić information content (AvgIpc) is 3.14. The first-order valence-corrected chi connectivity index (χ1v) is 10.0. The van der Waals surface area contributed by atoms with Gasteiger partial charge in [-0.25, -0.2) is 8.78 Å². The van der Waals surface area contributed by atoms with Gasteiger partial charge < -0.3 is 4.74 Å². The Morgan fingerprint density at radius 2 is 1.81 bits per heavy atom. The van der Waals surface area contributed by atoms with Crippen LogP contribution >= 0.6 is 31.9 Å². The van der Waals surface area contributed by atoms with E-state index in [4.69, 9.17) is 4.74 Å². The second-order valence-electron chi connectivity index (χ2n) is 7.15. The van der Waals surface area contributed by atoms with E-state index in [1.165, 1.54) is 12.1 Å². The molecule has 1 aliphatic rings. The van der Waals surface area contributed by atoms with Gasteiger partial charge in [0, 0.05) is 5.56 Å². The molecule has 142 valence electrons. The van der Waals surface area contributed by atoms with Gasteiger partial charge in [0.05, 0.1) is 14.9 Å². The molecule has 6 heteroatoms. The summed E-state index contributed by atoms with van der Waals surface area (Å²) in [5.41, 5.74) is 0.257. The van der Waals surface area contributed by atoms with Crippen molar-refractivity contribution < 1.29 is 18.3 Å². The number of halogens is 4. The lowest BCUT2D eigenvalue weighted by Crippen LogP contribution is -2.11. The second kappa shape index (κ2) is 7.84. The molecule has 1 saturated carbocycles. The summed E-state index contributed by atoms with van der Waals surface area (Å²) in [4.78, 5) is 12.4. The lowest BCUT2D eigenvalue weighted by molar-refractivity contribution is -0.147. The molecule has 0 heterocycles. The fraction of sp³-hybridized carbons (Fsp3) is 0.286.